The lowest BCUT2D eigenvalue weighted by Gasteiger charge is -2.17. The van der Waals surface area contributed by atoms with Gasteiger partial charge in [-0.2, -0.15) is 0 Å². The molecule has 0 aliphatic heterocycles. The maximum atomic E-state index is 12.1. The second kappa shape index (κ2) is 8.48. The van der Waals surface area contributed by atoms with Crippen molar-refractivity contribution in [2.75, 3.05) is 13.6 Å². The molecule has 2 amide bonds. The van der Waals surface area contributed by atoms with E-state index >= 15 is 0 Å². The van der Waals surface area contributed by atoms with Crippen LogP contribution in [0.4, 0.5) is 0 Å². The Bertz CT molecular complexity index is 674. The number of benzene rings is 2. The lowest BCUT2D eigenvalue weighted by molar-refractivity contribution is -0.132. The van der Waals surface area contributed by atoms with E-state index in [1.807, 2.05) is 54.6 Å². The summed E-state index contributed by atoms with van der Waals surface area (Å²) in [4.78, 5) is 25.6. The molecule has 0 spiro atoms. The Labute approximate surface area is 144 Å². The normalized spacial score (nSPS) is 10.2. The molecule has 2 rings (SSSR count). The number of rotatable bonds is 6. The highest BCUT2D eigenvalue weighted by Gasteiger charge is 2.11. The van der Waals surface area contributed by atoms with Gasteiger partial charge in [0.25, 0.3) is 0 Å². The average Bonchev–Trinajstić information content (AvgIpc) is 2.53. The van der Waals surface area contributed by atoms with Crippen molar-refractivity contribution in [1.29, 1.82) is 0 Å². The topological polar surface area (TPSA) is 49.4 Å². The first-order valence-corrected chi connectivity index (χ1v) is 8.13. The van der Waals surface area contributed by atoms with E-state index < -0.39 is 0 Å². The van der Waals surface area contributed by atoms with Crippen LogP contribution in [0.15, 0.2) is 59.1 Å². The van der Waals surface area contributed by atoms with Crippen LogP contribution in [0.2, 0.25) is 0 Å². The smallest absolute Gasteiger partial charge is 0.242 e. The zero-order chi connectivity index (χ0) is 16.7. The van der Waals surface area contributed by atoms with Crippen LogP contribution < -0.4 is 5.32 Å². The SMILES string of the molecule is CN(Cc1ccccc1)C(=O)CNC(=O)Cc1cccc(Br)c1. The first-order chi connectivity index (χ1) is 11.0. The van der Waals surface area contributed by atoms with Crippen LogP contribution in [-0.2, 0) is 22.6 Å². The quantitative estimate of drug-likeness (QED) is 0.844. The van der Waals surface area contributed by atoms with E-state index in [9.17, 15) is 9.59 Å². The molecule has 0 bridgehead atoms. The molecule has 0 aromatic heterocycles. The fourth-order valence-corrected chi connectivity index (χ4v) is 2.60. The fourth-order valence-electron chi connectivity index (χ4n) is 2.15. The molecule has 0 fully saturated rings. The van der Waals surface area contributed by atoms with E-state index in [0.29, 0.717) is 6.54 Å². The van der Waals surface area contributed by atoms with Crippen LogP contribution in [0, 0.1) is 0 Å². The molecule has 2 aromatic carbocycles. The number of likely N-dealkylation sites (N-methyl/N-ethyl adjacent to an activating group) is 1. The predicted octanol–water partition coefficient (Wildman–Crippen LogP) is 2.77. The Balaban J connectivity index is 1.78. The maximum absolute atomic E-state index is 12.1. The van der Waals surface area contributed by atoms with Crippen molar-refractivity contribution in [3.63, 3.8) is 0 Å². The van der Waals surface area contributed by atoms with E-state index in [1.54, 1.807) is 11.9 Å². The number of carbonyl (C=O) groups is 2. The van der Waals surface area contributed by atoms with E-state index in [1.165, 1.54) is 0 Å². The highest BCUT2D eigenvalue weighted by molar-refractivity contribution is 9.10. The predicted molar refractivity (Wildman–Crippen MR) is 93.8 cm³/mol. The third kappa shape index (κ3) is 5.87. The summed E-state index contributed by atoms with van der Waals surface area (Å²) in [5.41, 5.74) is 1.96. The Kier molecular flexibility index (Phi) is 6.35. The Morgan fingerprint density at radius 3 is 2.43 bits per heavy atom. The Hall–Kier alpha value is -2.14. The maximum Gasteiger partial charge on any atom is 0.242 e. The molecule has 23 heavy (non-hydrogen) atoms. The first kappa shape index (κ1) is 17.2. The average molecular weight is 375 g/mol. The number of halogens is 1. The first-order valence-electron chi connectivity index (χ1n) is 7.33. The minimum atomic E-state index is -0.162. The van der Waals surface area contributed by atoms with Crippen molar-refractivity contribution >= 4 is 27.7 Å². The van der Waals surface area contributed by atoms with Crippen molar-refractivity contribution in [3.05, 3.63) is 70.2 Å². The van der Waals surface area contributed by atoms with Crippen molar-refractivity contribution in [3.8, 4) is 0 Å². The van der Waals surface area contributed by atoms with Crippen LogP contribution >= 0.6 is 15.9 Å². The number of nitrogens with one attached hydrogen (secondary N) is 1. The number of nitrogens with zero attached hydrogens (tertiary/aromatic N) is 1. The number of carbonyl (C=O) groups excluding carboxylic acids is 2. The van der Waals surface area contributed by atoms with Gasteiger partial charge in [0.1, 0.15) is 0 Å². The summed E-state index contributed by atoms with van der Waals surface area (Å²) in [5, 5.41) is 2.67. The van der Waals surface area contributed by atoms with Gasteiger partial charge in [0, 0.05) is 18.1 Å². The van der Waals surface area contributed by atoms with Gasteiger partial charge in [0.05, 0.1) is 13.0 Å². The van der Waals surface area contributed by atoms with Crippen LogP contribution in [0.5, 0.6) is 0 Å². The van der Waals surface area contributed by atoms with Crippen molar-refractivity contribution in [2.24, 2.45) is 0 Å². The van der Waals surface area contributed by atoms with Gasteiger partial charge < -0.3 is 10.2 Å². The summed E-state index contributed by atoms with van der Waals surface area (Å²) < 4.78 is 0.932. The van der Waals surface area contributed by atoms with Crippen molar-refractivity contribution in [2.45, 2.75) is 13.0 Å². The zero-order valence-electron chi connectivity index (χ0n) is 13.0. The Morgan fingerprint density at radius 1 is 1.04 bits per heavy atom. The number of amides is 2. The lowest BCUT2D eigenvalue weighted by atomic mass is 10.1. The monoisotopic (exact) mass is 374 g/mol. The van der Waals surface area contributed by atoms with Crippen LogP contribution in [0.1, 0.15) is 11.1 Å². The molecule has 0 aliphatic carbocycles. The molecular weight excluding hydrogens is 356 g/mol. The van der Waals surface area contributed by atoms with Crippen LogP contribution in [0.25, 0.3) is 0 Å². The van der Waals surface area contributed by atoms with Gasteiger partial charge in [-0.3, -0.25) is 9.59 Å². The fraction of sp³-hybridized carbons (Fsp3) is 0.222. The molecule has 0 saturated heterocycles. The number of hydrogen-bond donors (Lipinski definition) is 1. The van der Waals surface area contributed by atoms with Crippen LogP contribution in [-0.4, -0.2) is 30.3 Å². The van der Waals surface area contributed by atoms with Crippen LogP contribution in [0.3, 0.4) is 0 Å². The lowest BCUT2D eigenvalue weighted by Crippen LogP contribution is -2.38. The molecule has 120 valence electrons. The van der Waals surface area contributed by atoms with E-state index in [2.05, 4.69) is 21.2 Å². The van der Waals surface area contributed by atoms with Crippen molar-refractivity contribution in [1.82, 2.24) is 10.2 Å². The van der Waals surface area contributed by atoms with Gasteiger partial charge in [-0.15, -0.1) is 0 Å². The minimum absolute atomic E-state index is 0.0101. The third-order valence-corrected chi connectivity index (χ3v) is 3.87. The standard InChI is InChI=1S/C18H19BrN2O2/c1-21(13-14-6-3-2-4-7-14)18(23)12-20-17(22)11-15-8-5-9-16(19)10-15/h2-10H,11-13H2,1H3,(H,20,22). The molecule has 0 atom stereocenters. The molecule has 0 heterocycles. The second-order valence-corrected chi connectivity index (χ2v) is 6.23. The summed E-state index contributed by atoms with van der Waals surface area (Å²) in [7, 11) is 1.73. The van der Waals surface area contributed by atoms with Gasteiger partial charge in [-0.1, -0.05) is 58.4 Å². The van der Waals surface area contributed by atoms with E-state index in [4.69, 9.17) is 0 Å². The molecule has 0 saturated carbocycles. The van der Waals surface area contributed by atoms with Gasteiger partial charge in [0.2, 0.25) is 11.8 Å². The van der Waals surface area contributed by atoms with E-state index in [0.717, 1.165) is 15.6 Å². The van der Waals surface area contributed by atoms with Gasteiger partial charge in [-0.25, -0.2) is 0 Å². The van der Waals surface area contributed by atoms with Gasteiger partial charge in [-0.05, 0) is 23.3 Å². The molecule has 0 aliphatic rings. The summed E-state index contributed by atoms with van der Waals surface area (Å²) in [5.74, 6) is -0.277. The third-order valence-electron chi connectivity index (χ3n) is 3.38. The highest BCUT2D eigenvalue weighted by atomic mass is 79.9. The molecule has 1 N–H and O–H groups in total. The summed E-state index contributed by atoms with van der Waals surface area (Å²) in [6, 6.07) is 17.3. The molecule has 2 aromatic rings. The van der Waals surface area contributed by atoms with E-state index in [-0.39, 0.29) is 24.8 Å². The summed E-state index contributed by atoms with van der Waals surface area (Å²) in [6.45, 7) is 0.539. The summed E-state index contributed by atoms with van der Waals surface area (Å²) >= 11 is 3.37. The van der Waals surface area contributed by atoms with Gasteiger partial charge >= 0.3 is 0 Å². The highest BCUT2D eigenvalue weighted by Crippen LogP contribution is 2.11. The molecule has 0 unspecified atom stereocenters. The second-order valence-electron chi connectivity index (χ2n) is 5.32. The molecule has 5 heteroatoms. The van der Waals surface area contributed by atoms with Gasteiger partial charge in [0.15, 0.2) is 0 Å². The number of hydrogen-bond acceptors (Lipinski definition) is 2. The zero-order valence-corrected chi connectivity index (χ0v) is 14.5. The molecule has 4 nitrogen and oxygen atoms in total. The molecular formula is C18H19BrN2O2. The Morgan fingerprint density at radius 2 is 1.74 bits per heavy atom. The summed E-state index contributed by atoms with van der Waals surface area (Å²) in [6.07, 6.45) is 0.259. The van der Waals surface area contributed by atoms with Crippen molar-refractivity contribution < 1.29 is 9.59 Å². The largest absolute Gasteiger partial charge is 0.347 e. The minimum Gasteiger partial charge on any atom is -0.347 e. The molecule has 0 radical (unpaired) electrons.